The van der Waals surface area contributed by atoms with Crippen LogP contribution in [0.4, 0.5) is 0 Å². The Morgan fingerprint density at radius 1 is 1.39 bits per heavy atom. The molecular weight excluding hydrogens is 248 g/mol. The zero-order valence-electron chi connectivity index (χ0n) is 10.7. The average Bonchev–Trinajstić information content (AvgIpc) is 2.38. The average molecular weight is 268 g/mol. The second-order valence-electron chi connectivity index (χ2n) is 3.94. The van der Waals surface area contributed by atoms with Crippen LogP contribution in [-0.4, -0.2) is 35.3 Å². The topological polar surface area (TPSA) is 46.5 Å². The first kappa shape index (κ1) is 15.1. The number of hydrogen-bond acceptors (Lipinski definition) is 3. The molecule has 0 spiro atoms. The van der Waals surface area contributed by atoms with Crippen molar-refractivity contribution in [2.45, 2.75) is 25.0 Å². The van der Waals surface area contributed by atoms with Crippen LogP contribution in [0.25, 0.3) is 0 Å². The van der Waals surface area contributed by atoms with Crippen LogP contribution in [0.15, 0.2) is 30.3 Å². The minimum atomic E-state index is -0.736. The SMILES string of the molecule is CCOCCCSC(Cc1ccccc1)C(=O)O. The van der Waals surface area contributed by atoms with Crippen LogP contribution in [0.2, 0.25) is 0 Å². The molecule has 1 N–H and O–H groups in total. The number of carboxylic acid groups (broad SMARTS) is 1. The Balaban J connectivity index is 2.34. The number of aliphatic carboxylic acids is 1. The lowest BCUT2D eigenvalue weighted by molar-refractivity contribution is -0.136. The number of rotatable bonds is 9. The second-order valence-corrected chi connectivity index (χ2v) is 5.25. The van der Waals surface area contributed by atoms with Crippen LogP contribution in [0.3, 0.4) is 0 Å². The van der Waals surface area contributed by atoms with Gasteiger partial charge in [-0.2, -0.15) is 0 Å². The van der Waals surface area contributed by atoms with Gasteiger partial charge in [-0.1, -0.05) is 30.3 Å². The molecule has 0 fully saturated rings. The van der Waals surface area contributed by atoms with E-state index in [1.54, 1.807) is 0 Å². The number of carbonyl (C=O) groups is 1. The summed E-state index contributed by atoms with van der Waals surface area (Å²) in [6.45, 7) is 3.39. The van der Waals surface area contributed by atoms with E-state index in [0.717, 1.165) is 24.3 Å². The molecule has 0 bridgehead atoms. The van der Waals surface area contributed by atoms with Crippen LogP contribution in [0, 0.1) is 0 Å². The first-order valence-corrected chi connectivity index (χ1v) is 7.25. The van der Waals surface area contributed by atoms with Crippen LogP contribution in [0.5, 0.6) is 0 Å². The van der Waals surface area contributed by atoms with E-state index in [2.05, 4.69) is 0 Å². The largest absolute Gasteiger partial charge is 0.480 e. The van der Waals surface area contributed by atoms with Crippen LogP contribution < -0.4 is 0 Å². The van der Waals surface area contributed by atoms with Crippen molar-refractivity contribution < 1.29 is 14.6 Å². The van der Waals surface area contributed by atoms with Crippen molar-refractivity contribution in [1.82, 2.24) is 0 Å². The van der Waals surface area contributed by atoms with E-state index in [-0.39, 0.29) is 5.25 Å². The number of benzene rings is 1. The van der Waals surface area contributed by atoms with Crippen LogP contribution in [0.1, 0.15) is 18.9 Å². The Bertz CT molecular complexity index is 340. The molecule has 0 aliphatic heterocycles. The van der Waals surface area contributed by atoms with Crippen molar-refractivity contribution in [3.05, 3.63) is 35.9 Å². The summed E-state index contributed by atoms with van der Waals surface area (Å²) < 4.78 is 5.23. The van der Waals surface area contributed by atoms with Gasteiger partial charge in [0.05, 0.1) is 0 Å². The lowest BCUT2D eigenvalue weighted by Crippen LogP contribution is -2.20. The molecule has 1 rings (SSSR count). The first-order chi connectivity index (χ1) is 8.74. The maximum atomic E-state index is 11.2. The molecule has 1 unspecified atom stereocenters. The summed E-state index contributed by atoms with van der Waals surface area (Å²) in [4.78, 5) is 11.2. The van der Waals surface area contributed by atoms with Gasteiger partial charge in [-0.05, 0) is 31.1 Å². The second kappa shape index (κ2) is 9.00. The summed E-state index contributed by atoms with van der Waals surface area (Å²) >= 11 is 1.50. The highest BCUT2D eigenvalue weighted by molar-refractivity contribution is 8.00. The van der Waals surface area contributed by atoms with E-state index in [1.807, 2.05) is 37.3 Å². The molecule has 0 radical (unpaired) electrons. The maximum absolute atomic E-state index is 11.2. The Kier molecular flexibility index (Phi) is 7.53. The molecule has 0 aliphatic rings. The summed E-state index contributed by atoms with van der Waals surface area (Å²) in [6, 6.07) is 9.75. The molecule has 3 nitrogen and oxygen atoms in total. The Morgan fingerprint density at radius 3 is 2.72 bits per heavy atom. The first-order valence-electron chi connectivity index (χ1n) is 6.20. The zero-order chi connectivity index (χ0) is 13.2. The Morgan fingerprint density at radius 2 is 2.11 bits per heavy atom. The summed E-state index contributed by atoms with van der Waals surface area (Å²) in [5.74, 6) is 0.0873. The highest BCUT2D eigenvalue weighted by atomic mass is 32.2. The van der Waals surface area contributed by atoms with Crippen LogP contribution >= 0.6 is 11.8 Å². The molecule has 100 valence electrons. The van der Waals surface area contributed by atoms with Crippen molar-refractivity contribution >= 4 is 17.7 Å². The quantitative estimate of drug-likeness (QED) is 0.700. The number of carboxylic acids is 1. The van der Waals surface area contributed by atoms with Gasteiger partial charge in [0.15, 0.2) is 0 Å². The van der Waals surface area contributed by atoms with E-state index in [1.165, 1.54) is 11.8 Å². The smallest absolute Gasteiger partial charge is 0.316 e. The molecule has 0 aliphatic carbocycles. The molecule has 1 aromatic carbocycles. The highest BCUT2D eigenvalue weighted by Crippen LogP contribution is 2.18. The third kappa shape index (κ3) is 6.07. The summed E-state index contributed by atoms with van der Waals surface area (Å²) in [7, 11) is 0. The van der Waals surface area contributed by atoms with Gasteiger partial charge < -0.3 is 9.84 Å². The minimum Gasteiger partial charge on any atom is -0.480 e. The molecule has 0 heterocycles. The fourth-order valence-corrected chi connectivity index (χ4v) is 2.60. The Hall–Kier alpha value is -1.00. The molecule has 0 saturated carbocycles. The van der Waals surface area contributed by atoms with Gasteiger partial charge in [0.2, 0.25) is 0 Å². The van der Waals surface area contributed by atoms with Crippen molar-refractivity contribution in [1.29, 1.82) is 0 Å². The maximum Gasteiger partial charge on any atom is 0.316 e. The van der Waals surface area contributed by atoms with Gasteiger partial charge in [0.25, 0.3) is 0 Å². The zero-order valence-corrected chi connectivity index (χ0v) is 11.5. The van der Waals surface area contributed by atoms with Crippen LogP contribution in [-0.2, 0) is 16.0 Å². The van der Waals surface area contributed by atoms with Gasteiger partial charge in [-0.15, -0.1) is 11.8 Å². The minimum absolute atomic E-state index is 0.367. The Labute approximate surface area is 113 Å². The van der Waals surface area contributed by atoms with Gasteiger partial charge in [-0.25, -0.2) is 0 Å². The molecule has 18 heavy (non-hydrogen) atoms. The van der Waals surface area contributed by atoms with E-state index in [0.29, 0.717) is 13.0 Å². The number of thioether (sulfide) groups is 1. The summed E-state index contributed by atoms with van der Waals surface area (Å²) in [6.07, 6.45) is 1.48. The fourth-order valence-electron chi connectivity index (χ4n) is 1.58. The standard InChI is InChI=1S/C14H20O3S/c1-2-17-9-6-10-18-13(14(15)16)11-12-7-4-3-5-8-12/h3-5,7-8,13H,2,6,9-11H2,1H3,(H,15,16). The highest BCUT2D eigenvalue weighted by Gasteiger charge is 2.17. The predicted octanol–water partition coefficient (Wildman–Crippen LogP) is 2.84. The van der Waals surface area contributed by atoms with Gasteiger partial charge >= 0.3 is 5.97 Å². The van der Waals surface area contributed by atoms with Crippen molar-refractivity contribution in [2.75, 3.05) is 19.0 Å². The molecule has 1 atom stereocenters. The van der Waals surface area contributed by atoms with Gasteiger partial charge in [-0.3, -0.25) is 4.79 Å². The third-order valence-corrected chi connectivity index (χ3v) is 3.79. The molecule has 0 aromatic heterocycles. The number of ether oxygens (including phenoxy) is 1. The van der Waals surface area contributed by atoms with Crippen molar-refractivity contribution in [3.8, 4) is 0 Å². The normalized spacial score (nSPS) is 12.3. The van der Waals surface area contributed by atoms with E-state index < -0.39 is 5.97 Å². The molecular formula is C14H20O3S. The van der Waals surface area contributed by atoms with Gasteiger partial charge in [0, 0.05) is 13.2 Å². The lowest BCUT2D eigenvalue weighted by Gasteiger charge is -2.12. The van der Waals surface area contributed by atoms with Crippen molar-refractivity contribution in [3.63, 3.8) is 0 Å². The van der Waals surface area contributed by atoms with E-state index in [9.17, 15) is 9.90 Å². The van der Waals surface area contributed by atoms with E-state index >= 15 is 0 Å². The summed E-state index contributed by atoms with van der Waals surface area (Å²) in [5, 5.41) is 8.82. The fraction of sp³-hybridized carbons (Fsp3) is 0.500. The molecule has 4 heteroatoms. The number of hydrogen-bond donors (Lipinski definition) is 1. The summed E-state index contributed by atoms with van der Waals surface area (Å²) in [5.41, 5.74) is 1.07. The third-order valence-electron chi connectivity index (χ3n) is 2.50. The predicted molar refractivity (Wildman–Crippen MR) is 75.1 cm³/mol. The molecule has 0 saturated heterocycles. The van der Waals surface area contributed by atoms with Gasteiger partial charge in [0.1, 0.15) is 5.25 Å². The molecule has 0 amide bonds. The van der Waals surface area contributed by atoms with Crippen molar-refractivity contribution in [2.24, 2.45) is 0 Å². The lowest BCUT2D eigenvalue weighted by atomic mass is 10.1. The molecule has 1 aromatic rings. The van der Waals surface area contributed by atoms with E-state index in [4.69, 9.17) is 4.74 Å². The monoisotopic (exact) mass is 268 g/mol.